The lowest BCUT2D eigenvalue weighted by molar-refractivity contribution is -0.177. The summed E-state index contributed by atoms with van der Waals surface area (Å²) >= 11 is 0. The molecule has 5 nitrogen and oxygen atoms in total. The zero-order valence-electron chi connectivity index (χ0n) is 15.3. The standard InChI is InChI=1S/C18H25N3O2/c19-8-13-2-12-3-14(12)21(13)16(22)15(20)17-4-10-1-11(5-17)7-18(23,6-10)9-17/h10-15,23H,1-7,9,20H2/t10?,11?,12-,13+,14+,15+,17?,18?/m1/s1/i13D,15D. The summed E-state index contributed by atoms with van der Waals surface area (Å²) in [6.07, 6.45) is 5.55. The summed E-state index contributed by atoms with van der Waals surface area (Å²) in [4.78, 5) is 14.7. The summed E-state index contributed by atoms with van der Waals surface area (Å²) in [5.74, 6) is 0.296. The van der Waals surface area contributed by atoms with Crippen LogP contribution in [0.15, 0.2) is 0 Å². The normalized spacial score (nSPS) is 59.6. The summed E-state index contributed by atoms with van der Waals surface area (Å²) in [6.45, 7) is 0. The van der Waals surface area contributed by atoms with E-state index in [0.29, 0.717) is 37.5 Å². The summed E-state index contributed by atoms with van der Waals surface area (Å²) < 4.78 is 17.3. The van der Waals surface area contributed by atoms with Gasteiger partial charge in [-0.25, -0.2) is 0 Å². The largest absolute Gasteiger partial charge is 0.390 e. The van der Waals surface area contributed by atoms with Crippen LogP contribution in [0.25, 0.3) is 0 Å². The Morgan fingerprint density at radius 1 is 1.35 bits per heavy atom. The second kappa shape index (κ2) is 4.29. The van der Waals surface area contributed by atoms with Crippen molar-refractivity contribution in [3.05, 3.63) is 0 Å². The third-order valence-corrected chi connectivity index (χ3v) is 7.14. The number of carbonyl (C=O) groups excluding carboxylic acids is 1. The van der Waals surface area contributed by atoms with E-state index in [1.165, 1.54) is 4.90 Å². The second-order valence-electron chi connectivity index (χ2n) is 8.88. The van der Waals surface area contributed by atoms with Crippen molar-refractivity contribution in [2.75, 3.05) is 0 Å². The second-order valence-corrected chi connectivity index (χ2v) is 8.88. The number of fused-ring (bicyclic) bond motifs is 1. The first kappa shape index (κ1) is 12.3. The molecule has 1 amide bonds. The predicted molar refractivity (Wildman–Crippen MR) is 82.8 cm³/mol. The highest BCUT2D eigenvalue weighted by Crippen LogP contribution is 2.63. The Kier molecular flexibility index (Phi) is 2.29. The maximum Gasteiger partial charge on any atom is 0.241 e. The minimum absolute atomic E-state index is 0.102. The van der Waals surface area contributed by atoms with E-state index >= 15 is 0 Å². The molecule has 1 saturated heterocycles. The number of nitrogens with zero attached hydrogens (tertiary/aromatic N) is 2. The van der Waals surface area contributed by atoms with Crippen molar-refractivity contribution in [1.29, 1.82) is 5.26 Å². The topological polar surface area (TPSA) is 90.4 Å². The molecule has 124 valence electrons. The zero-order chi connectivity index (χ0) is 17.8. The molecule has 6 aliphatic rings. The number of piperidine rings is 1. The molecule has 5 heteroatoms. The van der Waals surface area contributed by atoms with E-state index in [4.69, 9.17) is 8.48 Å². The van der Waals surface area contributed by atoms with Crippen molar-refractivity contribution in [3.63, 3.8) is 0 Å². The molecule has 0 radical (unpaired) electrons. The lowest BCUT2D eigenvalue weighted by Crippen LogP contribution is -2.64. The summed E-state index contributed by atoms with van der Waals surface area (Å²) in [5, 5.41) is 20.4. The maximum atomic E-state index is 13.4. The van der Waals surface area contributed by atoms with Gasteiger partial charge in [-0.2, -0.15) is 5.26 Å². The maximum absolute atomic E-state index is 13.4. The number of rotatable bonds is 2. The molecule has 6 fully saturated rings. The van der Waals surface area contributed by atoms with Gasteiger partial charge in [-0.1, -0.05) is 0 Å². The number of nitrogens with two attached hydrogens (primary N) is 1. The smallest absolute Gasteiger partial charge is 0.241 e. The molecule has 2 unspecified atom stereocenters. The van der Waals surface area contributed by atoms with Crippen LogP contribution in [0.1, 0.15) is 54.1 Å². The SMILES string of the molecule is [2H][C@](N)(C(=O)N1[C@H]2C[C@H]2C[C@@]1([2H])C#N)C12CC3CC(CC(O)(C3)C1)C2. The predicted octanol–water partition coefficient (Wildman–Crippen LogP) is 1.16. The molecular formula is C18H25N3O2. The van der Waals surface area contributed by atoms with E-state index in [0.717, 1.165) is 25.7 Å². The van der Waals surface area contributed by atoms with Crippen LogP contribution in [0, 0.1) is 34.5 Å². The molecule has 5 aliphatic carbocycles. The van der Waals surface area contributed by atoms with Crippen molar-refractivity contribution in [1.82, 2.24) is 4.90 Å². The van der Waals surface area contributed by atoms with E-state index in [-0.39, 0.29) is 12.0 Å². The Balaban J connectivity index is 1.51. The Labute approximate surface area is 139 Å². The first-order valence-corrected chi connectivity index (χ1v) is 8.88. The van der Waals surface area contributed by atoms with E-state index in [1.54, 1.807) is 0 Å². The summed E-state index contributed by atoms with van der Waals surface area (Å²) in [7, 11) is 0. The minimum Gasteiger partial charge on any atom is -0.390 e. The Morgan fingerprint density at radius 2 is 2.04 bits per heavy atom. The molecule has 3 N–H and O–H groups in total. The van der Waals surface area contributed by atoms with Crippen LogP contribution in [0.3, 0.4) is 0 Å². The summed E-state index contributed by atoms with van der Waals surface area (Å²) in [6, 6.07) is -1.60. The molecule has 6 atom stereocenters. The van der Waals surface area contributed by atoms with Gasteiger partial charge in [0.05, 0.1) is 20.4 Å². The highest BCUT2D eigenvalue weighted by atomic mass is 16.3. The van der Waals surface area contributed by atoms with Gasteiger partial charge < -0.3 is 15.7 Å². The number of aliphatic hydroxyl groups is 1. The van der Waals surface area contributed by atoms with Crippen molar-refractivity contribution < 1.29 is 12.6 Å². The van der Waals surface area contributed by atoms with Crippen LogP contribution in [0.5, 0.6) is 0 Å². The fourth-order valence-electron chi connectivity index (χ4n) is 6.57. The lowest BCUT2D eigenvalue weighted by Gasteiger charge is -2.61. The fourth-order valence-corrected chi connectivity index (χ4v) is 6.57. The molecule has 0 aromatic rings. The van der Waals surface area contributed by atoms with Crippen LogP contribution in [0.4, 0.5) is 0 Å². The van der Waals surface area contributed by atoms with Gasteiger partial charge in [0.1, 0.15) is 6.02 Å². The minimum atomic E-state index is -1.88. The first-order valence-electron chi connectivity index (χ1n) is 9.88. The quantitative estimate of drug-likeness (QED) is 0.799. The van der Waals surface area contributed by atoms with Gasteiger partial charge in [0.2, 0.25) is 5.91 Å². The molecule has 4 bridgehead atoms. The molecule has 5 saturated carbocycles. The fraction of sp³-hybridized carbons (Fsp3) is 0.889. The molecule has 0 aromatic carbocycles. The monoisotopic (exact) mass is 317 g/mol. The third-order valence-electron chi connectivity index (χ3n) is 7.14. The average molecular weight is 317 g/mol. The van der Waals surface area contributed by atoms with Gasteiger partial charge in [0, 0.05) is 6.04 Å². The highest BCUT2D eigenvalue weighted by molar-refractivity contribution is 5.84. The lowest BCUT2D eigenvalue weighted by atomic mass is 9.46. The number of hydrogen-bond acceptors (Lipinski definition) is 4. The molecule has 23 heavy (non-hydrogen) atoms. The van der Waals surface area contributed by atoms with Crippen LogP contribution in [0.2, 0.25) is 0 Å². The number of carbonyl (C=O) groups is 1. The van der Waals surface area contributed by atoms with Crippen LogP contribution >= 0.6 is 0 Å². The molecule has 0 aromatic heterocycles. The van der Waals surface area contributed by atoms with Crippen molar-refractivity contribution in [2.45, 2.75) is 75.0 Å². The van der Waals surface area contributed by atoms with Crippen LogP contribution in [-0.2, 0) is 4.79 Å². The average Bonchev–Trinajstić information content (AvgIpc) is 3.16. The van der Waals surface area contributed by atoms with Gasteiger partial charge in [-0.15, -0.1) is 0 Å². The van der Waals surface area contributed by atoms with E-state index in [9.17, 15) is 15.2 Å². The van der Waals surface area contributed by atoms with Crippen LogP contribution in [-0.4, -0.2) is 39.6 Å². The third kappa shape index (κ3) is 1.88. The first-order chi connectivity index (χ1) is 11.6. The van der Waals surface area contributed by atoms with Gasteiger partial charge >= 0.3 is 0 Å². The van der Waals surface area contributed by atoms with Gasteiger partial charge in [0.15, 0.2) is 0 Å². The van der Waals surface area contributed by atoms with Crippen molar-refractivity contribution >= 4 is 5.91 Å². The van der Waals surface area contributed by atoms with Crippen LogP contribution < -0.4 is 5.73 Å². The van der Waals surface area contributed by atoms with E-state index in [1.807, 2.05) is 6.07 Å². The van der Waals surface area contributed by atoms with E-state index in [2.05, 4.69) is 0 Å². The number of hydrogen-bond donors (Lipinski definition) is 2. The summed E-state index contributed by atoms with van der Waals surface area (Å²) in [5.41, 5.74) is 4.90. The number of nitriles is 1. The Morgan fingerprint density at radius 3 is 2.65 bits per heavy atom. The number of amides is 1. The molecule has 6 rings (SSSR count). The Bertz CT molecular complexity index is 691. The van der Waals surface area contributed by atoms with Crippen molar-refractivity contribution in [3.8, 4) is 6.07 Å². The van der Waals surface area contributed by atoms with Crippen molar-refractivity contribution in [2.24, 2.45) is 28.9 Å². The van der Waals surface area contributed by atoms with Gasteiger partial charge in [0.25, 0.3) is 0 Å². The molecular weight excluding hydrogens is 290 g/mol. The van der Waals surface area contributed by atoms with Gasteiger partial charge in [-0.3, -0.25) is 4.79 Å². The number of likely N-dealkylation sites (tertiary alicyclic amines) is 1. The highest BCUT2D eigenvalue weighted by Gasteiger charge is 2.62. The Hall–Kier alpha value is -1.12. The van der Waals surface area contributed by atoms with E-state index < -0.39 is 29.0 Å². The zero-order valence-corrected chi connectivity index (χ0v) is 13.3. The molecule has 1 heterocycles. The molecule has 1 aliphatic heterocycles. The molecule has 0 spiro atoms. The van der Waals surface area contributed by atoms with Gasteiger partial charge in [-0.05, 0) is 74.5 Å².